The highest BCUT2D eigenvalue weighted by atomic mass is 127. The molecule has 0 aliphatic heterocycles. The van der Waals surface area contributed by atoms with E-state index >= 15 is 0 Å². The molecule has 0 heterocycles. The van der Waals surface area contributed by atoms with Crippen molar-refractivity contribution in [1.29, 1.82) is 0 Å². The molecule has 14 heavy (non-hydrogen) atoms. The van der Waals surface area contributed by atoms with Gasteiger partial charge in [0.2, 0.25) is 0 Å². The number of ether oxygens (including phenoxy) is 1. The third-order valence-electron chi connectivity index (χ3n) is 2.18. The zero-order valence-electron chi connectivity index (χ0n) is 8.50. The molecular formula is C11H13IO2. The van der Waals surface area contributed by atoms with E-state index in [1.807, 2.05) is 26.0 Å². The highest BCUT2D eigenvalue weighted by Crippen LogP contribution is 2.23. The maximum Gasteiger partial charge on any atom is 0.312 e. The molecule has 1 rings (SSSR count). The molecule has 0 amide bonds. The van der Waals surface area contributed by atoms with E-state index in [2.05, 4.69) is 28.7 Å². The van der Waals surface area contributed by atoms with Crippen molar-refractivity contribution < 1.29 is 9.53 Å². The summed E-state index contributed by atoms with van der Waals surface area (Å²) in [5.74, 6) is -0.376. The van der Waals surface area contributed by atoms with Crippen molar-refractivity contribution >= 4 is 28.6 Å². The molecule has 2 nitrogen and oxygen atoms in total. The highest BCUT2D eigenvalue weighted by Gasteiger charge is 2.17. The first kappa shape index (κ1) is 11.5. The minimum atomic E-state index is -0.188. The molecule has 0 aromatic heterocycles. The number of rotatable bonds is 2. The molecule has 0 spiro atoms. The van der Waals surface area contributed by atoms with Crippen molar-refractivity contribution in [3.8, 4) is 0 Å². The lowest BCUT2D eigenvalue weighted by Crippen LogP contribution is -2.12. The lowest BCUT2D eigenvalue weighted by molar-refractivity contribution is -0.142. The first-order valence-electron chi connectivity index (χ1n) is 4.40. The molecule has 0 N–H and O–H groups in total. The van der Waals surface area contributed by atoms with Gasteiger partial charge in [-0.2, -0.15) is 0 Å². The summed E-state index contributed by atoms with van der Waals surface area (Å²) in [6.07, 6.45) is 0. The Balaban J connectivity index is 3.01. The molecule has 0 aliphatic rings. The predicted octanol–water partition coefficient (Wildman–Crippen LogP) is 2.88. The number of halogens is 1. The Bertz CT molecular complexity index is 347. The molecule has 1 unspecified atom stereocenters. The average molecular weight is 304 g/mol. The molecule has 0 saturated carbocycles. The fourth-order valence-electron chi connectivity index (χ4n) is 1.29. The smallest absolute Gasteiger partial charge is 0.312 e. The van der Waals surface area contributed by atoms with Crippen LogP contribution in [0.5, 0.6) is 0 Å². The van der Waals surface area contributed by atoms with Crippen LogP contribution in [0.3, 0.4) is 0 Å². The van der Waals surface area contributed by atoms with Gasteiger partial charge in [-0.3, -0.25) is 4.79 Å². The van der Waals surface area contributed by atoms with Crippen molar-refractivity contribution in [2.45, 2.75) is 19.8 Å². The van der Waals surface area contributed by atoms with E-state index in [9.17, 15) is 4.79 Å². The average Bonchev–Trinajstić information content (AvgIpc) is 2.15. The fraction of sp³-hybridized carbons (Fsp3) is 0.364. The van der Waals surface area contributed by atoms with Crippen LogP contribution in [0.1, 0.15) is 24.0 Å². The van der Waals surface area contributed by atoms with Gasteiger partial charge in [-0.05, 0) is 48.1 Å². The molecule has 1 aromatic carbocycles. The summed E-state index contributed by atoms with van der Waals surface area (Å²) < 4.78 is 5.82. The van der Waals surface area contributed by atoms with Crippen LogP contribution in [0.25, 0.3) is 0 Å². The quantitative estimate of drug-likeness (QED) is 0.620. The Labute approximate surface area is 97.8 Å². The van der Waals surface area contributed by atoms with E-state index in [0.29, 0.717) is 0 Å². The van der Waals surface area contributed by atoms with Crippen LogP contribution >= 0.6 is 22.6 Å². The van der Waals surface area contributed by atoms with Gasteiger partial charge in [0.15, 0.2) is 0 Å². The second-order valence-corrected chi connectivity index (χ2v) is 4.43. The summed E-state index contributed by atoms with van der Waals surface area (Å²) >= 11 is 2.24. The summed E-state index contributed by atoms with van der Waals surface area (Å²) in [4.78, 5) is 11.3. The van der Waals surface area contributed by atoms with Gasteiger partial charge in [0.25, 0.3) is 0 Å². The van der Waals surface area contributed by atoms with Crippen LogP contribution in [0.4, 0.5) is 0 Å². The van der Waals surface area contributed by atoms with Crippen molar-refractivity contribution in [3.63, 3.8) is 0 Å². The number of carbonyl (C=O) groups is 1. The molecule has 3 heteroatoms. The van der Waals surface area contributed by atoms with Crippen LogP contribution in [-0.2, 0) is 9.53 Å². The second kappa shape index (κ2) is 4.77. The minimum Gasteiger partial charge on any atom is -0.469 e. The van der Waals surface area contributed by atoms with E-state index in [1.54, 1.807) is 0 Å². The van der Waals surface area contributed by atoms with Crippen molar-refractivity contribution in [1.82, 2.24) is 0 Å². The molecule has 0 radical (unpaired) electrons. The minimum absolute atomic E-state index is 0.188. The number of methoxy groups -OCH3 is 1. The molecule has 1 atom stereocenters. The summed E-state index contributed by atoms with van der Waals surface area (Å²) in [6, 6.07) is 6.06. The largest absolute Gasteiger partial charge is 0.469 e. The fourth-order valence-corrected chi connectivity index (χ4v) is 2.43. The SMILES string of the molecule is COC(=O)C(C)c1ccc(C)cc1I. The molecule has 0 saturated heterocycles. The number of benzene rings is 1. The number of hydrogen-bond acceptors (Lipinski definition) is 2. The Morgan fingerprint density at radius 3 is 2.64 bits per heavy atom. The van der Waals surface area contributed by atoms with Gasteiger partial charge < -0.3 is 4.74 Å². The van der Waals surface area contributed by atoms with Crippen LogP contribution in [0.15, 0.2) is 18.2 Å². The van der Waals surface area contributed by atoms with Crippen molar-refractivity contribution in [3.05, 3.63) is 32.9 Å². The summed E-state index contributed by atoms with van der Waals surface area (Å²) in [5, 5.41) is 0. The Morgan fingerprint density at radius 2 is 2.14 bits per heavy atom. The van der Waals surface area contributed by atoms with E-state index in [4.69, 9.17) is 4.74 Å². The Morgan fingerprint density at radius 1 is 1.50 bits per heavy atom. The zero-order chi connectivity index (χ0) is 10.7. The van der Waals surface area contributed by atoms with E-state index in [-0.39, 0.29) is 11.9 Å². The van der Waals surface area contributed by atoms with Gasteiger partial charge in [-0.15, -0.1) is 0 Å². The normalized spacial score (nSPS) is 12.3. The summed E-state index contributed by atoms with van der Waals surface area (Å²) in [7, 11) is 1.42. The number of carbonyl (C=O) groups excluding carboxylic acids is 1. The monoisotopic (exact) mass is 304 g/mol. The third-order valence-corrected chi connectivity index (χ3v) is 3.11. The summed E-state index contributed by atoms with van der Waals surface area (Å²) in [6.45, 7) is 3.90. The first-order valence-corrected chi connectivity index (χ1v) is 5.48. The zero-order valence-corrected chi connectivity index (χ0v) is 10.7. The first-order chi connectivity index (χ1) is 6.56. The third kappa shape index (κ3) is 2.47. The maximum absolute atomic E-state index is 11.3. The molecule has 0 aliphatic carbocycles. The predicted molar refractivity (Wildman–Crippen MR) is 64.3 cm³/mol. The van der Waals surface area contributed by atoms with E-state index in [1.165, 1.54) is 12.7 Å². The molecule has 76 valence electrons. The van der Waals surface area contributed by atoms with Crippen molar-refractivity contribution in [2.75, 3.05) is 7.11 Å². The van der Waals surface area contributed by atoms with Crippen LogP contribution in [0, 0.1) is 10.5 Å². The lowest BCUT2D eigenvalue weighted by atomic mass is 10.0. The lowest BCUT2D eigenvalue weighted by Gasteiger charge is -2.11. The second-order valence-electron chi connectivity index (χ2n) is 3.27. The van der Waals surface area contributed by atoms with Gasteiger partial charge in [0, 0.05) is 3.57 Å². The van der Waals surface area contributed by atoms with Crippen LogP contribution in [-0.4, -0.2) is 13.1 Å². The van der Waals surface area contributed by atoms with Crippen molar-refractivity contribution in [2.24, 2.45) is 0 Å². The molecule has 0 fully saturated rings. The number of aryl methyl sites for hydroxylation is 1. The van der Waals surface area contributed by atoms with Gasteiger partial charge in [-0.25, -0.2) is 0 Å². The number of esters is 1. The molecule has 1 aromatic rings. The summed E-state index contributed by atoms with van der Waals surface area (Å²) in [5.41, 5.74) is 2.23. The van der Waals surface area contributed by atoms with Gasteiger partial charge in [-0.1, -0.05) is 17.7 Å². The Hall–Kier alpha value is -0.580. The van der Waals surface area contributed by atoms with Crippen LogP contribution < -0.4 is 0 Å². The highest BCUT2D eigenvalue weighted by molar-refractivity contribution is 14.1. The van der Waals surface area contributed by atoms with Gasteiger partial charge in [0.1, 0.15) is 0 Å². The maximum atomic E-state index is 11.3. The van der Waals surface area contributed by atoms with E-state index in [0.717, 1.165) is 9.13 Å². The standard InChI is InChI=1S/C11H13IO2/c1-7-4-5-9(10(12)6-7)8(2)11(13)14-3/h4-6,8H,1-3H3. The van der Waals surface area contributed by atoms with Crippen LogP contribution in [0.2, 0.25) is 0 Å². The topological polar surface area (TPSA) is 26.3 Å². The molecule has 0 bridgehead atoms. The van der Waals surface area contributed by atoms with Gasteiger partial charge >= 0.3 is 5.97 Å². The van der Waals surface area contributed by atoms with E-state index < -0.39 is 0 Å². The Kier molecular flexibility index (Phi) is 3.92. The molecular weight excluding hydrogens is 291 g/mol. The van der Waals surface area contributed by atoms with Gasteiger partial charge in [0.05, 0.1) is 13.0 Å². The number of hydrogen-bond donors (Lipinski definition) is 0.